The van der Waals surface area contributed by atoms with Gasteiger partial charge in [-0.3, -0.25) is 9.79 Å². The number of aryl methyl sites for hydroxylation is 2. The molecule has 0 radical (unpaired) electrons. The molecule has 4 rings (SSSR count). The highest BCUT2D eigenvalue weighted by molar-refractivity contribution is 5.94. The number of nitrogens with two attached hydrogens (primary N) is 1. The summed E-state index contributed by atoms with van der Waals surface area (Å²) in [5, 5.41) is 26.5. The molecule has 0 saturated heterocycles. The number of allylic oxidation sites excluding steroid dienone is 2. The summed E-state index contributed by atoms with van der Waals surface area (Å²) in [7, 11) is 6.50. The number of methoxy groups -OCH3 is 2. The number of fused-ring (bicyclic) bond motifs is 3. The molecule has 0 unspecified atom stereocenters. The smallest absolute Gasteiger partial charge is 0.205 e. The van der Waals surface area contributed by atoms with Gasteiger partial charge in [0.1, 0.15) is 11.7 Å². The lowest BCUT2D eigenvalue weighted by Crippen LogP contribution is -2.43. The number of aliphatic hydroxyl groups excluding tert-OH is 1. The molecule has 1 saturated carbocycles. The maximum Gasteiger partial charge on any atom is 0.205 e. The van der Waals surface area contributed by atoms with Gasteiger partial charge < -0.3 is 45.5 Å². The fourth-order valence-corrected chi connectivity index (χ4v) is 6.29. The zero-order valence-corrected chi connectivity index (χ0v) is 27.1. The number of hydrogen-bond donors (Lipinski definition) is 5. The molecular formula is C35H46N4O7. The third-order valence-electron chi connectivity index (χ3n) is 8.55. The second-order valence-electron chi connectivity index (χ2n) is 11.9. The number of ketones is 1. The topological polar surface area (TPSA) is 157 Å². The number of aliphatic hydroxyl groups is 1. The molecule has 2 bridgehead atoms. The fourth-order valence-electron chi connectivity index (χ4n) is 6.29. The first-order valence-electron chi connectivity index (χ1n) is 15.6. The van der Waals surface area contributed by atoms with E-state index in [4.69, 9.17) is 24.7 Å². The number of ether oxygens (including phenoxy) is 4. The molecule has 0 aromatic heterocycles. The van der Waals surface area contributed by atoms with E-state index >= 15 is 0 Å². The molecule has 11 heteroatoms. The molecule has 1 aliphatic carbocycles. The van der Waals surface area contributed by atoms with Gasteiger partial charge in [0.2, 0.25) is 5.75 Å². The third kappa shape index (κ3) is 9.16. The standard InChI is InChI=1S/C35H46N4O7/c1-37-22-35-20-25(26(21-35)19-32(42)44-4)9-7-15-45-33-28(39-34(36)38-2)16-24(18-31(33)46-35)8-5-6-10-27(40)13-11-23-12-14-29(41)30(17-23)43-3/h6,10,12,14,16-18,25-26,32,37,41-42H,5,8-9,11,13,19-22H2,1-4H3,(H3,36,38,39)/t25-,26+,32+,35+/m0/s1. The average Bonchev–Trinajstić information content (AvgIpc) is 3.36. The molecule has 11 nitrogen and oxygen atoms in total. The highest BCUT2D eigenvalue weighted by atomic mass is 16.6. The van der Waals surface area contributed by atoms with Gasteiger partial charge in [-0.15, -0.1) is 0 Å². The van der Waals surface area contributed by atoms with Gasteiger partial charge in [0, 0.05) is 40.0 Å². The molecule has 0 amide bonds. The van der Waals surface area contributed by atoms with Crippen LogP contribution in [-0.2, 0) is 22.4 Å². The predicted octanol–water partition coefficient (Wildman–Crippen LogP) is 3.91. The van der Waals surface area contributed by atoms with Gasteiger partial charge in [-0.2, -0.15) is 0 Å². The summed E-state index contributed by atoms with van der Waals surface area (Å²) in [6, 6.07) is 8.99. The molecule has 46 heavy (non-hydrogen) atoms. The van der Waals surface area contributed by atoms with Crippen LogP contribution in [0.5, 0.6) is 23.0 Å². The summed E-state index contributed by atoms with van der Waals surface area (Å²) >= 11 is 0. The van der Waals surface area contributed by atoms with Gasteiger partial charge in [0.25, 0.3) is 0 Å². The van der Waals surface area contributed by atoms with E-state index in [-0.39, 0.29) is 29.3 Å². The molecule has 1 fully saturated rings. The van der Waals surface area contributed by atoms with E-state index in [1.165, 1.54) is 14.2 Å². The van der Waals surface area contributed by atoms with E-state index in [2.05, 4.69) is 27.7 Å². The molecule has 248 valence electrons. The minimum Gasteiger partial charge on any atom is -0.504 e. The van der Waals surface area contributed by atoms with Crippen molar-refractivity contribution >= 4 is 17.4 Å². The average molecular weight is 635 g/mol. The fraction of sp³-hybridized carbons (Fsp3) is 0.486. The SMILES string of the molecule is CN=C(N)Nc1cc(CCC=CC(=O)CCc2ccc(O)c(OC)c2)cc2c1OC#CC[C@H]1C[C@](CNC)(C[C@H]1C[C@H](O)OC)O2. The second kappa shape index (κ2) is 16.4. The molecule has 2 aromatic rings. The Kier molecular flexibility index (Phi) is 12.3. The number of likely N-dealkylation sites (N-methyl/N-ethyl adjacent to an activating group) is 1. The number of benzene rings is 2. The molecular weight excluding hydrogens is 588 g/mol. The van der Waals surface area contributed by atoms with Crippen molar-refractivity contribution in [3.05, 3.63) is 53.6 Å². The maximum atomic E-state index is 12.6. The lowest BCUT2D eigenvalue weighted by Gasteiger charge is -2.32. The van der Waals surface area contributed by atoms with Crippen LogP contribution in [0, 0.1) is 23.9 Å². The van der Waals surface area contributed by atoms with Crippen LogP contribution in [0.3, 0.4) is 0 Å². The van der Waals surface area contributed by atoms with E-state index < -0.39 is 11.9 Å². The lowest BCUT2D eigenvalue weighted by atomic mass is 9.90. The monoisotopic (exact) mass is 634 g/mol. The maximum absolute atomic E-state index is 12.6. The molecule has 4 atom stereocenters. The molecule has 6 N–H and O–H groups in total. The Morgan fingerprint density at radius 1 is 1.24 bits per heavy atom. The Hall–Kier alpha value is -4.24. The molecule has 0 spiro atoms. The lowest BCUT2D eigenvalue weighted by molar-refractivity contribution is -0.114. The Morgan fingerprint density at radius 3 is 2.80 bits per heavy atom. The summed E-state index contributed by atoms with van der Waals surface area (Å²) in [6.45, 7) is 0.600. The van der Waals surface area contributed by atoms with Gasteiger partial charge >= 0.3 is 0 Å². The number of anilines is 1. The van der Waals surface area contributed by atoms with E-state index in [1.807, 2.05) is 25.3 Å². The number of nitrogens with zero attached hydrogens (tertiary/aromatic N) is 1. The number of guanidine groups is 1. The molecule has 2 aromatic carbocycles. The van der Waals surface area contributed by atoms with Crippen LogP contribution in [0.25, 0.3) is 0 Å². The number of aliphatic imine (C=N–C) groups is 1. The normalized spacial score (nSPS) is 21.4. The first-order chi connectivity index (χ1) is 22.2. The van der Waals surface area contributed by atoms with Crippen LogP contribution < -0.4 is 30.6 Å². The number of rotatable bonds is 14. The van der Waals surface area contributed by atoms with Gasteiger partial charge in [-0.05, 0) is 92.5 Å². The van der Waals surface area contributed by atoms with E-state index in [0.717, 1.165) is 17.5 Å². The van der Waals surface area contributed by atoms with Gasteiger partial charge in [-0.1, -0.05) is 18.1 Å². The number of hydrogen-bond acceptors (Lipinski definition) is 9. The minimum absolute atomic E-state index is 0.0140. The number of phenolic OH excluding ortho intramolecular Hbond substituents is 1. The highest BCUT2D eigenvalue weighted by Gasteiger charge is 2.47. The number of aromatic hydroxyl groups is 1. The molecule has 1 aliphatic heterocycles. The third-order valence-corrected chi connectivity index (χ3v) is 8.55. The Bertz CT molecular complexity index is 1480. The summed E-state index contributed by atoms with van der Waals surface area (Å²) in [5.74, 6) is 5.18. The second-order valence-corrected chi connectivity index (χ2v) is 11.9. The number of carbonyl (C=O) groups excluding carboxylic acids is 1. The van der Waals surface area contributed by atoms with Gasteiger partial charge in [0.05, 0.1) is 12.8 Å². The number of phenols is 1. The van der Waals surface area contributed by atoms with Crippen LogP contribution >= 0.6 is 0 Å². The molecule has 2 aliphatic rings. The minimum atomic E-state index is -0.852. The number of nitrogens with one attached hydrogen (secondary N) is 2. The van der Waals surface area contributed by atoms with Crippen molar-refractivity contribution in [2.75, 3.05) is 40.2 Å². The summed E-state index contributed by atoms with van der Waals surface area (Å²) in [6.07, 6.45) is 10.2. The first-order valence-corrected chi connectivity index (χ1v) is 15.6. The van der Waals surface area contributed by atoms with Crippen molar-refractivity contribution in [2.24, 2.45) is 22.6 Å². The van der Waals surface area contributed by atoms with Gasteiger partial charge in [0.15, 0.2) is 35.3 Å². The van der Waals surface area contributed by atoms with Crippen molar-refractivity contribution in [1.29, 1.82) is 0 Å². The predicted molar refractivity (Wildman–Crippen MR) is 177 cm³/mol. The quantitative estimate of drug-likeness (QED) is 0.0679. The van der Waals surface area contributed by atoms with Crippen molar-refractivity contribution in [3.63, 3.8) is 0 Å². The summed E-state index contributed by atoms with van der Waals surface area (Å²) in [5.41, 5.74) is 7.96. The van der Waals surface area contributed by atoms with Crippen LogP contribution in [0.2, 0.25) is 0 Å². The Balaban J connectivity index is 1.53. The Labute approximate surface area is 271 Å². The largest absolute Gasteiger partial charge is 0.504 e. The van der Waals surface area contributed by atoms with E-state index in [9.17, 15) is 15.0 Å². The first kappa shape index (κ1) is 34.6. The van der Waals surface area contributed by atoms with Crippen LogP contribution in [0.15, 0.2) is 47.5 Å². The van der Waals surface area contributed by atoms with Crippen LogP contribution in [-0.4, -0.2) is 68.7 Å². The number of carbonyl (C=O) groups is 1. The Morgan fingerprint density at radius 2 is 2.07 bits per heavy atom. The highest BCUT2D eigenvalue weighted by Crippen LogP contribution is 2.48. The van der Waals surface area contributed by atoms with Crippen molar-refractivity contribution < 1.29 is 34.0 Å². The zero-order chi connectivity index (χ0) is 33.1. The zero-order valence-electron chi connectivity index (χ0n) is 27.1. The van der Waals surface area contributed by atoms with Crippen molar-refractivity contribution in [3.8, 4) is 35.0 Å². The summed E-state index contributed by atoms with van der Waals surface area (Å²) < 4.78 is 23.2. The van der Waals surface area contributed by atoms with E-state index in [1.54, 1.807) is 31.3 Å². The summed E-state index contributed by atoms with van der Waals surface area (Å²) in [4.78, 5) is 16.6. The van der Waals surface area contributed by atoms with Crippen LogP contribution in [0.4, 0.5) is 5.69 Å². The van der Waals surface area contributed by atoms with Crippen molar-refractivity contribution in [1.82, 2.24) is 5.32 Å². The van der Waals surface area contributed by atoms with Crippen molar-refractivity contribution in [2.45, 2.75) is 63.3 Å². The van der Waals surface area contributed by atoms with Gasteiger partial charge in [-0.25, -0.2) is 0 Å². The van der Waals surface area contributed by atoms with E-state index in [0.29, 0.717) is 74.4 Å². The molecule has 1 heterocycles. The van der Waals surface area contributed by atoms with Crippen LogP contribution in [0.1, 0.15) is 49.7 Å².